The molecular weight excluding hydrogens is 224 g/mol. The van der Waals surface area contributed by atoms with Crippen LogP contribution in [0.4, 0.5) is 0 Å². The van der Waals surface area contributed by atoms with E-state index in [-0.39, 0.29) is 11.8 Å². The lowest BCUT2D eigenvalue weighted by Crippen LogP contribution is -2.23. The van der Waals surface area contributed by atoms with Crippen LogP contribution in [0.5, 0.6) is 0 Å². The molecule has 0 radical (unpaired) electrons. The molecule has 0 bridgehead atoms. The van der Waals surface area contributed by atoms with E-state index in [9.17, 15) is 4.79 Å². The van der Waals surface area contributed by atoms with Crippen molar-refractivity contribution >= 4 is 28.4 Å². The molecule has 1 heterocycles. The van der Waals surface area contributed by atoms with Gasteiger partial charge in [0.15, 0.2) is 0 Å². The lowest BCUT2D eigenvalue weighted by atomic mass is 10.1. The number of carbonyl (C=O) groups is 1. The van der Waals surface area contributed by atoms with Gasteiger partial charge in [-0.05, 0) is 29.1 Å². The molecule has 2 aromatic rings. The minimum Gasteiger partial charge on any atom is -0.351 e. The summed E-state index contributed by atoms with van der Waals surface area (Å²) in [5, 5.41) is 3.92. The fraction of sp³-hybridized carbons (Fsp3) is 0.250. The second-order valence-corrected chi connectivity index (χ2v) is 4.00. The fourth-order valence-electron chi connectivity index (χ4n) is 1.69. The Morgan fingerprint density at radius 3 is 3.00 bits per heavy atom. The van der Waals surface area contributed by atoms with Gasteiger partial charge in [-0.25, -0.2) is 0 Å². The molecule has 3 nitrogen and oxygen atoms in total. The molecule has 0 aliphatic carbocycles. The van der Waals surface area contributed by atoms with E-state index >= 15 is 0 Å². The second-order valence-electron chi connectivity index (χ2n) is 3.73. The Morgan fingerprint density at radius 1 is 1.44 bits per heavy atom. The Bertz CT molecular complexity index is 519. The Hall–Kier alpha value is -1.48. The minimum atomic E-state index is -0.144. The van der Waals surface area contributed by atoms with Crippen molar-refractivity contribution < 1.29 is 4.79 Å². The molecule has 1 aromatic carbocycles. The highest BCUT2D eigenvalue weighted by molar-refractivity contribution is 6.27. The van der Waals surface area contributed by atoms with Crippen LogP contribution >= 0.6 is 11.6 Å². The van der Waals surface area contributed by atoms with Crippen LogP contribution in [-0.2, 0) is 18.4 Å². The monoisotopic (exact) mass is 236 g/mol. The number of benzene rings is 1. The third-order valence-electron chi connectivity index (χ3n) is 2.56. The molecule has 0 spiro atoms. The number of nitrogens with one attached hydrogen (secondary N) is 1. The van der Waals surface area contributed by atoms with Gasteiger partial charge >= 0.3 is 0 Å². The van der Waals surface area contributed by atoms with Crippen LogP contribution in [0, 0.1) is 0 Å². The lowest BCUT2D eigenvalue weighted by Gasteiger charge is -2.04. The van der Waals surface area contributed by atoms with Crippen molar-refractivity contribution in [2.24, 2.45) is 7.05 Å². The molecule has 0 atom stereocenters. The number of aromatic nitrogens is 1. The first-order valence-electron chi connectivity index (χ1n) is 5.07. The maximum Gasteiger partial charge on any atom is 0.235 e. The average Bonchev–Trinajstić information content (AvgIpc) is 2.67. The Morgan fingerprint density at radius 2 is 2.25 bits per heavy atom. The van der Waals surface area contributed by atoms with Gasteiger partial charge < -0.3 is 9.88 Å². The summed E-state index contributed by atoms with van der Waals surface area (Å²) in [7, 11) is 2.01. The highest BCUT2D eigenvalue weighted by Gasteiger charge is 2.01. The number of halogens is 1. The van der Waals surface area contributed by atoms with E-state index in [1.54, 1.807) is 0 Å². The van der Waals surface area contributed by atoms with Crippen LogP contribution in [0.15, 0.2) is 30.5 Å². The second kappa shape index (κ2) is 4.58. The van der Waals surface area contributed by atoms with Crippen molar-refractivity contribution in [3.63, 3.8) is 0 Å². The predicted octanol–water partition coefficient (Wildman–Crippen LogP) is 2.03. The smallest absolute Gasteiger partial charge is 0.235 e. The lowest BCUT2D eigenvalue weighted by molar-refractivity contribution is -0.118. The Labute approximate surface area is 99.0 Å². The number of alkyl halides is 1. The van der Waals surface area contributed by atoms with Crippen LogP contribution in [-0.4, -0.2) is 16.4 Å². The van der Waals surface area contributed by atoms with Crippen LogP contribution in [0.3, 0.4) is 0 Å². The van der Waals surface area contributed by atoms with E-state index in [1.165, 1.54) is 10.9 Å². The fourth-order valence-corrected chi connectivity index (χ4v) is 1.78. The largest absolute Gasteiger partial charge is 0.351 e. The van der Waals surface area contributed by atoms with Gasteiger partial charge in [-0.1, -0.05) is 6.07 Å². The predicted molar refractivity (Wildman–Crippen MR) is 65.5 cm³/mol. The van der Waals surface area contributed by atoms with Crippen molar-refractivity contribution in [2.45, 2.75) is 6.54 Å². The van der Waals surface area contributed by atoms with Crippen molar-refractivity contribution in [2.75, 3.05) is 5.88 Å². The number of amides is 1. The molecule has 0 saturated heterocycles. The van der Waals surface area contributed by atoms with Gasteiger partial charge in [0.1, 0.15) is 5.88 Å². The molecule has 1 N–H and O–H groups in total. The highest BCUT2D eigenvalue weighted by Crippen LogP contribution is 2.16. The van der Waals surface area contributed by atoms with Gasteiger partial charge in [0.25, 0.3) is 0 Å². The van der Waals surface area contributed by atoms with Crippen molar-refractivity contribution in [1.82, 2.24) is 9.88 Å². The van der Waals surface area contributed by atoms with E-state index in [1.807, 2.05) is 19.3 Å². The van der Waals surface area contributed by atoms with Gasteiger partial charge in [0.05, 0.1) is 0 Å². The van der Waals surface area contributed by atoms with Crippen LogP contribution in [0.1, 0.15) is 5.56 Å². The third kappa shape index (κ3) is 2.19. The zero-order valence-corrected chi connectivity index (χ0v) is 9.79. The first kappa shape index (κ1) is 11.0. The summed E-state index contributed by atoms with van der Waals surface area (Å²) in [5.41, 5.74) is 2.27. The minimum absolute atomic E-state index is 0.00752. The Kier molecular flexibility index (Phi) is 3.15. The summed E-state index contributed by atoms with van der Waals surface area (Å²) >= 11 is 5.40. The number of fused-ring (bicyclic) bond motifs is 1. The van der Waals surface area contributed by atoms with Gasteiger partial charge in [-0.3, -0.25) is 4.79 Å². The molecule has 0 saturated carbocycles. The summed E-state index contributed by atoms with van der Waals surface area (Å²) in [6.07, 6.45) is 2.02. The van der Waals surface area contributed by atoms with E-state index in [4.69, 9.17) is 11.6 Å². The summed E-state index contributed by atoms with van der Waals surface area (Å²) < 4.78 is 2.07. The summed E-state index contributed by atoms with van der Waals surface area (Å²) in [6.45, 7) is 0.524. The van der Waals surface area contributed by atoms with Gasteiger partial charge in [-0.2, -0.15) is 0 Å². The number of hydrogen-bond acceptors (Lipinski definition) is 1. The topological polar surface area (TPSA) is 34.0 Å². The average molecular weight is 237 g/mol. The standard InChI is InChI=1S/C12H13ClN2O/c1-15-5-4-10-6-9(2-3-11(10)15)8-14-12(16)7-13/h2-6H,7-8H2,1H3,(H,14,16). The van der Waals surface area contributed by atoms with Gasteiger partial charge in [-0.15, -0.1) is 11.6 Å². The zero-order valence-electron chi connectivity index (χ0n) is 9.03. The Balaban J connectivity index is 2.17. The molecular formula is C12H13ClN2O. The number of rotatable bonds is 3. The number of hydrogen-bond donors (Lipinski definition) is 1. The number of nitrogens with zero attached hydrogens (tertiary/aromatic N) is 1. The molecule has 4 heteroatoms. The molecule has 1 aromatic heterocycles. The summed E-state index contributed by atoms with van der Waals surface area (Å²) in [4.78, 5) is 11.0. The quantitative estimate of drug-likeness (QED) is 0.813. The van der Waals surface area contributed by atoms with Crippen molar-refractivity contribution in [3.8, 4) is 0 Å². The molecule has 84 valence electrons. The molecule has 0 aliphatic heterocycles. The zero-order chi connectivity index (χ0) is 11.5. The normalized spacial score (nSPS) is 10.6. The van der Waals surface area contributed by atoms with E-state index < -0.39 is 0 Å². The van der Waals surface area contributed by atoms with Gasteiger partial charge in [0.2, 0.25) is 5.91 Å². The van der Waals surface area contributed by atoms with Gasteiger partial charge in [0, 0.05) is 25.3 Å². The molecule has 0 aliphatic rings. The summed E-state index contributed by atoms with van der Waals surface area (Å²) in [6, 6.07) is 8.19. The first-order chi connectivity index (χ1) is 7.70. The van der Waals surface area contributed by atoms with Crippen LogP contribution in [0.2, 0.25) is 0 Å². The molecule has 0 fully saturated rings. The summed E-state index contributed by atoms with van der Waals surface area (Å²) in [5.74, 6) is -0.136. The van der Waals surface area contributed by atoms with E-state index in [2.05, 4.69) is 28.1 Å². The van der Waals surface area contributed by atoms with Crippen molar-refractivity contribution in [3.05, 3.63) is 36.0 Å². The highest BCUT2D eigenvalue weighted by atomic mass is 35.5. The van der Waals surface area contributed by atoms with E-state index in [0.717, 1.165) is 5.56 Å². The number of carbonyl (C=O) groups excluding carboxylic acids is 1. The van der Waals surface area contributed by atoms with Crippen molar-refractivity contribution in [1.29, 1.82) is 0 Å². The third-order valence-corrected chi connectivity index (χ3v) is 2.80. The number of aryl methyl sites for hydroxylation is 1. The molecule has 2 rings (SSSR count). The van der Waals surface area contributed by atoms with E-state index in [0.29, 0.717) is 6.54 Å². The molecule has 1 amide bonds. The maximum absolute atomic E-state index is 11.0. The van der Waals surface area contributed by atoms with Crippen LogP contribution < -0.4 is 5.32 Å². The molecule has 16 heavy (non-hydrogen) atoms. The maximum atomic E-state index is 11.0. The SMILES string of the molecule is Cn1ccc2cc(CNC(=O)CCl)ccc21. The van der Waals surface area contributed by atoms with Crippen LogP contribution in [0.25, 0.3) is 10.9 Å². The first-order valence-corrected chi connectivity index (χ1v) is 5.61. The molecule has 0 unspecified atom stereocenters.